The molecule has 1 aromatic rings. The molecule has 0 aliphatic heterocycles. The summed E-state index contributed by atoms with van der Waals surface area (Å²) in [6.45, 7) is 3.67. The van der Waals surface area contributed by atoms with Gasteiger partial charge in [0, 0.05) is 4.47 Å². The standard InChI is InChI=1S/C10H11BrFN/c1-3-10(13-2)8-6-7(12)4-5-9(8)11/h3-6,10,13H,1H2,2H3. The summed E-state index contributed by atoms with van der Waals surface area (Å²) in [7, 11) is 1.81. The molecule has 0 heterocycles. The molecule has 1 nitrogen and oxygen atoms in total. The van der Waals surface area contributed by atoms with Crippen LogP contribution >= 0.6 is 15.9 Å². The van der Waals surface area contributed by atoms with Gasteiger partial charge >= 0.3 is 0 Å². The molecule has 0 radical (unpaired) electrons. The van der Waals surface area contributed by atoms with Gasteiger partial charge in [-0.15, -0.1) is 6.58 Å². The van der Waals surface area contributed by atoms with Crippen molar-refractivity contribution in [3.63, 3.8) is 0 Å². The number of halogens is 2. The van der Waals surface area contributed by atoms with Crippen molar-refractivity contribution in [1.82, 2.24) is 5.32 Å². The summed E-state index contributed by atoms with van der Waals surface area (Å²) in [6.07, 6.45) is 1.74. The highest BCUT2D eigenvalue weighted by molar-refractivity contribution is 9.10. The van der Waals surface area contributed by atoms with E-state index in [9.17, 15) is 4.39 Å². The number of hydrogen-bond donors (Lipinski definition) is 1. The molecule has 0 saturated heterocycles. The van der Waals surface area contributed by atoms with Gasteiger partial charge in [-0.05, 0) is 30.8 Å². The average Bonchev–Trinajstić information content (AvgIpc) is 2.13. The van der Waals surface area contributed by atoms with E-state index >= 15 is 0 Å². The van der Waals surface area contributed by atoms with Crippen LogP contribution in [0.15, 0.2) is 35.3 Å². The maximum absolute atomic E-state index is 12.9. The Kier molecular flexibility index (Phi) is 3.63. The Bertz CT molecular complexity index is 312. The number of benzene rings is 1. The van der Waals surface area contributed by atoms with Crippen LogP contribution in [0.4, 0.5) is 4.39 Å². The average molecular weight is 244 g/mol. The van der Waals surface area contributed by atoms with Gasteiger partial charge in [-0.2, -0.15) is 0 Å². The van der Waals surface area contributed by atoms with Crippen molar-refractivity contribution >= 4 is 15.9 Å². The maximum atomic E-state index is 12.9. The number of likely N-dealkylation sites (N-methyl/N-ethyl adjacent to an activating group) is 1. The van der Waals surface area contributed by atoms with E-state index in [1.165, 1.54) is 12.1 Å². The first-order valence-corrected chi connectivity index (χ1v) is 4.73. The molecular formula is C10H11BrFN. The SMILES string of the molecule is C=CC(NC)c1cc(F)ccc1Br. The molecule has 0 fully saturated rings. The summed E-state index contributed by atoms with van der Waals surface area (Å²) in [5.41, 5.74) is 0.859. The van der Waals surface area contributed by atoms with Gasteiger partial charge in [0.05, 0.1) is 6.04 Å². The van der Waals surface area contributed by atoms with Crippen molar-refractivity contribution < 1.29 is 4.39 Å². The first-order valence-electron chi connectivity index (χ1n) is 3.93. The van der Waals surface area contributed by atoms with Gasteiger partial charge in [0.25, 0.3) is 0 Å². The lowest BCUT2D eigenvalue weighted by atomic mass is 10.1. The van der Waals surface area contributed by atoms with Crippen LogP contribution in [-0.4, -0.2) is 7.05 Å². The van der Waals surface area contributed by atoms with E-state index < -0.39 is 0 Å². The fourth-order valence-electron chi connectivity index (χ4n) is 1.15. The van der Waals surface area contributed by atoms with E-state index in [2.05, 4.69) is 27.8 Å². The minimum absolute atomic E-state index is 0.0231. The largest absolute Gasteiger partial charge is 0.310 e. The van der Waals surface area contributed by atoms with Crippen LogP contribution in [-0.2, 0) is 0 Å². The monoisotopic (exact) mass is 243 g/mol. The van der Waals surface area contributed by atoms with Gasteiger partial charge in [-0.1, -0.05) is 22.0 Å². The molecular weight excluding hydrogens is 233 g/mol. The molecule has 0 amide bonds. The number of hydrogen-bond acceptors (Lipinski definition) is 1. The van der Waals surface area contributed by atoms with E-state index in [1.54, 1.807) is 12.1 Å². The Balaban J connectivity index is 3.10. The fourth-order valence-corrected chi connectivity index (χ4v) is 1.65. The Morgan fingerprint density at radius 2 is 2.31 bits per heavy atom. The third-order valence-electron chi connectivity index (χ3n) is 1.84. The van der Waals surface area contributed by atoms with E-state index in [-0.39, 0.29) is 11.9 Å². The molecule has 13 heavy (non-hydrogen) atoms. The van der Waals surface area contributed by atoms with Crippen molar-refractivity contribution in [2.45, 2.75) is 6.04 Å². The molecule has 70 valence electrons. The lowest BCUT2D eigenvalue weighted by molar-refractivity contribution is 0.618. The number of nitrogens with one attached hydrogen (secondary N) is 1. The van der Waals surface area contributed by atoms with E-state index in [0.29, 0.717) is 0 Å². The van der Waals surface area contributed by atoms with Gasteiger partial charge in [-0.3, -0.25) is 0 Å². The van der Waals surface area contributed by atoms with Crippen LogP contribution in [0.1, 0.15) is 11.6 Å². The molecule has 1 atom stereocenters. The maximum Gasteiger partial charge on any atom is 0.123 e. The minimum atomic E-state index is -0.236. The van der Waals surface area contributed by atoms with Crippen molar-refractivity contribution in [1.29, 1.82) is 0 Å². The van der Waals surface area contributed by atoms with E-state index in [0.717, 1.165) is 10.0 Å². The van der Waals surface area contributed by atoms with Crippen LogP contribution in [0, 0.1) is 5.82 Å². The van der Waals surface area contributed by atoms with Crippen molar-refractivity contribution in [3.05, 3.63) is 46.7 Å². The molecule has 0 aliphatic rings. The van der Waals surface area contributed by atoms with Crippen LogP contribution in [0.5, 0.6) is 0 Å². The second-order valence-corrected chi connectivity index (χ2v) is 3.52. The third kappa shape index (κ3) is 2.39. The van der Waals surface area contributed by atoms with Crippen LogP contribution in [0.25, 0.3) is 0 Å². The van der Waals surface area contributed by atoms with Crippen LogP contribution < -0.4 is 5.32 Å². The summed E-state index contributed by atoms with van der Waals surface area (Å²) in [4.78, 5) is 0. The zero-order valence-electron chi connectivity index (χ0n) is 7.35. The highest BCUT2D eigenvalue weighted by Crippen LogP contribution is 2.24. The first kappa shape index (κ1) is 10.4. The smallest absolute Gasteiger partial charge is 0.123 e. The molecule has 1 unspecified atom stereocenters. The summed E-state index contributed by atoms with van der Waals surface area (Å²) in [5, 5.41) is 3.02. The van der Waals surface area contributed by atoms with Crippen LogP contribution in [0.2, 0.25) is 0 Å². The summed E-state index contributed by atoms with van der Waals surface area (Å²) in [5.74, 6) is -0.236. The summed E-state index contributed by atoms with van der Waals surface area (Å²) >= 11 is 3.36. The van der Waals surface area contributed by atoms with Gasteiger partial charge in [0.2, 0.25) is 0 Å². The van der Waals surface area contributed by atoms with Crippen molar-refractivity contribution in [2.75, 3.05) is 7.05 Å². The molecule has 1 N–H and O–H groups in total. The highest BCUT2D eigenvalue weighted by atomic mass is 79.9. The quantitative estimate of drug-likeness (QED) is 0.806. The zero-order chi connectivity index (χ0) is 9.84. The zero-order valence-corrected chi connectivity index (χ0v) is 8.94. The van der Waals surface area contributed by atoms with Gasteiger partial charge < -0.3 is 5.32 Å². The molecule has 3 heteroatoms. The van der Waals surface area contributed by atoms with Crippen LogP contribution in [0.3, 0.4) is 0 Å². The van der Waals surface area contributed by atoms with Crippen molar-refractivity contribution in [2.24, 2.45) is 0 Å². The van der Waals surface area contributed by atoms with Gasteiger partial charge in [-0.25, -0.2) is 4.39 Å². The van der Waals surface area contributed by atoms with Gasteiger partial charge in [0.1, 0.15) is 5.82 Å². The Morgan fingerprint density at radius 3 is 2.85 bits per heavy atom. The molecule has 0 aromatic heterocycles. The normalized spacial score (nSPS) is 12.5. The lowest BCUT2D eigenvalue weighted by Crippen LogP contribution is -2.14. The number of rotatable bonds is 3. The minimum Gasteiger partial charge on any atom is -0.310 e. The predicted octanol–water partition coefficient (Wildman–Crippen LogP) is 3.03. The lowest BCUT2D eigenvalue weighted by Gasteiger charge is -2.13. The molecule has 0 aliphatic carbocycles. The summed E-state index contributed by atoms with van der Waals surface area (Å²) < 4.78 is 13.8. The molecule has 1 rings (SSSR count). The Labute approximate surface area is 85.8 Å². The van der Waals surface area contributed by atoms with E-state index in [4.69, 9.17) is 0 Å². The van der Waals surface area contributed by atoms with Gasteiger partial charge in [0.15, 0.2) is 0 Å². The van der Waals surface area contributed by atoms with E-state index in [1.807, 2.05) is 7.05 Å². The molecule has 0 bridgehead atoms. The second-order valence-electron chi connectivity index (χ2n) is 2.67. The Morgan fingerprint density at radius 1 is 1.62 bits per heavy atom. The molecule has 0 spiro atoms. The topological polar surface area (TPSA) is 12.0 Å². The second kappa shape index (κ2) is 4.53. The first-order chi connectivity index (χ1) is 6.19. The fraction of sp³-hybridized carbons (Fsp3) is 0.200. The predicted molar refractivity (Wildman–Crippen MR) is 56.1 cm³/mol. The van der Waals surface area contributed by atoms with Crippen molar-refractivity contribution in [3.8, 4) is 0 Å². The highest BCUT2D eigenvalue weighted by Gasteiger charge is 2.09. The Hall–Kier alpha value is -0.670. The molecule has 1 aromatic carbocycles. The third-order valence-corrected chi connectivity index (χ3v) is 2.56. The summed E-state index contributed by atoms with van der Waals surface area (Å²) in [6, 6.07) is 4.58. The molecule has 0 saturated carbocycles.